The lowest BCUT2D eigenvalue weighted by Crippen LogP contribution is -2.03. The van der Waals surface area contributed by atoms with E-state index in [2.05, 4.69) is 42.9 Å². The molecule has 4 nitrogen and oxygen atoms in total. The Labute approximate surface area is 105 Å². The largest absolute Gasteiger partial charge is 0.369 e. The van der Waals surface area contributed by atoms with Crippen LogP contribution in [-0.2, 0) is 0 Å². The number of aromatic nitrogens is 3. The summed E-state index contributed by atoms with van der Waals surface area (Å²) in [6.45, 7) is 2.90. The topological polar surface area (TPSA) is 50.7 Å². The average Bonchev–Trinajstić information content (AvgIpc) is 2.75. The Bertz CT molecular complexity index is 443. The number of thiazole rings is 1. The molecule has 2 aromatic heterocycles. The molecular weight excluding hydrogens is 323 g/mol. The van der Waals surface area contributed by atoms with Gasteiger partial charge in [-0.3, -0.25) is 4.98 Å². The van der Waals surface area contributed by atoms with Gasteiger partial charge in [-0.25, -0.2) is 9.97 Å². The van der Waals surface area contributed by atoms with Gasteiger partial charge in [0.2, 0.25) is 0 Å². The Morgan fingerprint density at radius 3 is 3.00 bits per heavy atom. The van der Waals surface area contributed by atoms with Crippen molar-refractivity contribution in [2.75, 3.05) is 11.9 Å². The van der Waals surface area contributed by atoms with Crippen LogP contribution in [-0.4, -0.2) is 21.5 Å². The van der Waals surface area contributed by atoms with Gasteiger partial charge >= 0.3 is 0 Å². The molecule has 0 fully saturated rings. The first-order valence-corrected chi connectivity index (χ1v) is 6.42. The molecule has 0 saturated heterocycles. The van der Waals surface area contributed by atoms with Crippen molar-refractivity contribution in [3.63, 3.8) is 0 Å². The van der Waals surface area contributed by atoms with E-state index in [0.29, 0.717) is 0 Å². The lowest BCUT2D eigenvalue weighted by atomic mass is 10.4. The van der Waals surface area contributed by atoms with Gasteiger partial charge in [0.1, 0.15) is 5.82 Å². The van der Waals surface area contributed by atoms with Crippen LogP contribution in [0.15, 0.2) is 17.9 Å². The van der Waals surface area contributed by atoms with Crippen molar-refractivity contribution in [3.05, 3.63) is 21.5 Å². The first-order valence-electron chi connectivity index (χ1n) is 4.46. The van der Waals surface area contributed by atoms with Gasteiger partial charge in [-0.2, -0.15) is 0 Å². The Kier molecular flexibility index (Phi) is 3.47. The maximum atomic E-state index is 4.45. The van der Waals surface area contributed by atoms with E-state index in [-0.39, 0.29) is 0 Å². The molecule has 15 heavy (non-hydrogen) atoms. The molecule has 0 radical (unpaired) electrons. The highest BCUT2D eigenvalue weighted by molar-refractivity contribution is 14.1. The molecule has 0 saturated carbocycles. The second-order valence-electron chi connectivity index (χ2n) is 2.79. The van der Waals surface area contributed by atoms with Crippen molar-refractivity contribution in [2.45, 2.75) is 6.92 Å². The fourth-order valence-electron chi connectivity index (χ4n) is 1.10. The zero-order chi connectivity index (χ0) is 10.7. The van der Waals surface area contributed by atoms with Gasteiger partial charge in [-0.05, 0) is 29.5 Å². The third kappa shape index (κ3) is 2.43. The van der Waals surface area contributed by atoms with Gasteiger partial charge < -0.3 is 5.32 Å². The van der Waals surface area contributed by atoms with Crippen molar-refractivity contribution in [1.82, 2.24) is 15.0 Å². The molecule has 2 rings (SSSR count). The van der Waals surface area contributed by atoms with Crippen molar-refractivity contribution in [1.29, 1.82) is 0 Å². The molecule has 6 heteroatoms. The summed E-state index contributed by atoms with van der Waals surface area (Å²) < 4.78 is 1.03. The van der Waals surface area contributed by atoms with E-state index in [1.165, 1.54) is 0 Å². The van der Waals surface area contributed by atoms with Gasteiger partial charge in [-0.1, -0.05) is 0 Å². The average molecular weight is 332 g/mol. The Morgan fingerprint density at radius 2 is 2.33 bits per heavy atom. The number of nitrogens with zero attached hydrogens (tertiary/aromatic N) is 3. The highest BCUT2D eigenvalue weighted by Crippen LogP contribution is 2.22. The fourth-order valence-corrected chi connectivity index (χ4v) is 2.11. The Hall–Kier alpha value is -0.760. The van der Waals surface area contributed by atoms with E-state index in [9.17, 15) is 0 Å². The predicted molar refractivity (Wildman–Crippen MR) is 70.0 cm³/mol. The van der Waals surface area contributed by atoms with Crippen LogP contribution in [0.3, 0.4) is 0 Å². The second-order valence-corrected chi connectivity index (χ2v) is 4.83. The van der Waals surface area contributed by atoms with Crippen LogP contribution in [0.2, 0.25) is 0 Å². The van der Waals surface area contributed by atoms with Crippen LogP contribution in [0.1, 0.15) is 6.92 Å². The summed E-state index contributed by atoms with van der Waals surface area (Å²) in [5.74, 6) is 1.62. The van der Waals surface area contributed by atoms with Gasteiger partial charge in [0.25, 0.3) is 0 Å². The van der Waals surface area contributed by atoms with Crippen LogP contribution in [0.5, 0.6) is 0 Å². The number of hydrogen-bond acceptors (Lipinski definition) is 5. The predicted octanol–water partition coefficient (Wildman–Crippen LogP) is 2.64. The van der Waals surface area contributed by atoms with E-state index in [1.807, 2.05) is 13.1 Å². The molecule has 0 atom stereocenters. The van der Waals surface area contributed by atoms with Gasteiger partial charge in [0.05, 0.1) is 14.0 Å². The summed E-state index contributed by atoms with van der Waals surface area (Å²) >= 11 is 3.76. The molecule has 1 N–H and O–H groups in total. The van der Waals surface area contributed by atoms with Gasteiger partial charge in [0, 0.05) is 18.9 Å². The summed E-state index contributed by atoms with van der Waals surface area (Å²) in [7, 11) is 0. The SMILES string of the molecule is CCNc1nc(-c2cncs2)ncc1I. The summed E-state index contributed by atoms with van der Waals surface area (Å²) in [5, 5.41) is 3.20. The van der Waals surface area contributed by atoms with Crippen LogP contribution in [0, 0.1) is 3.57 Å². The zero-order valence-corrected chi connectivity index (χ0v) is 11.0. The monoisotopic (exact) mass is 332 g/mol. The van der Waals surface area contributed by atoms with Gasteiger partial charge in [-0.15, -0.1) is 11.3 Å². The van der Waals surface area contributed by atoms with E-state index in [1.54, 1.807) is 23.0 Å². The molecule has 0 unspecified atom stereocenters. The van der Waals surface area contributed by atoms with Crippen molar-refractivity contribution in [3.8, 4) is 10.7 Å². The molecule has 0 bridgehead atoms. The number of rotatable bonds is 3. The molecular formula is C9H9IN4S. The normalized spacial score (nSPS) is 10.3. The molecule has 0 aliphatic carbocycles. The van der Waals surface area contributed by atoms with E-state index >= 15 is 0 Å². The van der Waals surface area contributed by atoms with Crippen molar-refractivity contribution >= 4 is 39.7 Å². The number of hydrogen-bond donors (Lipinski definition) is 1. The van der Waals surface area contributed by atoms with Crippen LogP contribution in [0.25, 0.3) is 10.7 Å². The number of anilines is 1. The minimum Gasteiger partial charge on any atom is -0.369 e. The number of nitrogens with one attached hydrogen (secondary N) is 1. The Morgan fingerprint density at radius 1 is 1.47 bits per heavy atom. The maximum absolute atomic E-state index is 4.45. The van der Waals surface area contributed by atoms with Crippen LogP contribution in [0.4, 0.5) is 5.82 Å². The summed E-state index contributed by atoms with van der Waals surface area (Å²) in [6, 6.07) is 0. The minimum atomic E-state index is 0.730. The highest BCUT2D eigenvalue weighted by Gasteiger charge is 2.06. The summed E-state index contributed by atoms with van der Waals surface area (Å²) in [6.07, 6.45) is 3.60. The lowest BCUT2D eigenvalue weighted by molar-refractivity contribution is 1.11. The standard InChI is InChI=1S/C9H9IN4S/c1-2-12-8-6(10)3-13-9(14-8)7-4-11-5-15-7/h3-5H,2H2,1H3,(H,12,13,14). The van der Waals surface area contributed by atoms with Gasteiger partial charge in [0.15, 0.2) is 5.82 Å². The minimum absolute atomic E-state index is 0.730. The van der Waals surface area contributed by atoms with Crippen molar-refractivity contribution < 1.29 is 0 Å². The molecule has 0 spiro atoms. The molecule has 2 aromatic rings. The third-order valence-corrected chi connectivity index (χ3v) is 3.30. The number of halogens is 1. The molecule has 0 amide bonds. The quantitative estimate of drug-likeness (QED) is 0.878. The molecule has 78 valence electrons. The first-order chi connectivity index (χ1) is 7.31. The second kappa shape index (κ2) is 4.84. The van der Waals surface area contributed by atoms with Crippen LogP contribution >= 0.6 is 33.9 Å². The fraction of sp³-hybridized carbons (Fsp3) is 0.222. The summed E-state index contributed by atoms with van der Waals surface area (Å²) in [4.78, 5) is 13.7. The van der Waals surface area contributed by atoms with E-state index in [0.717, 1.165) is 26.6 Å². The zero-order valence-electron chi connectivity index (χ0n) is 8.07. The lowest BCUT2D eigenvalue weighted by Gasteiger charge is -2.05. The molecule has 0 aliphatic rings. The van der Waals surface area contributed by atoms with E-state index in [4.69, 9.17) is 0 Å². The maximum Gasteiger partial charge on any atom is 0.173 e. The molecule has 0 aliphatic heterocycles. The van der Waals surface area contributed by atoms with Crippen molar-refractivity contribution in [2.24, 2.45) is 0 Å². The third-order valence-electron chi connectivity index (χ3n) is 1.74. The highest BCUT2D eigenvalue weighted by atomic mass is 127. The molecule has 2 heterocycles. The van der Waals surface area contributed by atoms with E-state index < -0.39 is 0 Å². The van der Waals surface area contributed by atoms with Crippen LogP contribution < -0.4 is 5.32 Å². The smallest absolute Gasteiger partial charge is 0.173 e. The summed E-state index contributed by atoms with van der Waals surface area (Å²) in [5.41, 5.74) is 1.78. The molecule has 0 aromatic carbocycles. The first kappa shape index (κ1) is 10.7. The Balaban J connectivity index is 2.38.